The third kappa shape index (κ3) is 3.36. The molecule has 86 valence electrons. The van der Waals surface area contributed by atoms with Crippen molar-refractivity contribution in [1.82, 2.24) is 5.32 Å². The fraction of sp³-hybridized carbons (Fsp3) is 0.667. The van der Waals surface area contributed by atoms with Crippen LogP contribution in [0, 0.1) is 13.8 Å². The minimum Gasteiger partial charge on any atom is -0.466 e. The van der Waals surface area contributed by atoms with Gasteiger partial charge in [0.25, 0.3) is 0 Å². The lowest BCUT2D eigenvalue weighted by molar-refractivity contribution is 0.115. The highest BCUT2D eigenvalue weighted by Crippen LogP contribution is 2.20. The summed E-state index contributed by atoms with van der Waals surface area (Å²) < 4.78 is 10.7. The average Bonchev–Trinajstić information content (AvgIpc) is 2.53. The zero-order chi connectivity index (χ0) is 11.4. The molecule has 0 aliphatic heterocycles. The van der Waals surface area contributed by atoms with Crippen LogP contribution in [0.3, 0.4) is 0 Å². The Hall–Kier alpha value is -0.800. The number of furan rings is 1. The molecule has 3 heteroatoms. The van der Waals surface area contributed by atoms with Crippen molar-refractivity contribution in [2.45, 2.75) is 39.8 Å². The molecule has 0 fully saturated rings. The largest absolute Gasteiger partial charge is 0.466 e. The van der Waals surface area contributed by atoms with Gasteiger partial charge in [0, 0.05) is 25.3 Å². The maximum Gasteiger partial charge on any atom is 0.105 e. The summed E-state index contributed by atoms with van der Waals surface area (Å²) in [5.74, 6) is 1.97. The maximum absolute atomic E-state index is 5.50. The second-order valence-electron chi connectivity index (χ2n) is 4.04. The zero-order valence-corrected chi connectivity index (χ0v) is 10.3. The molecule has 0 aromatic carbocycles. The minimum atomic E-state index is 0.237. The summed E-state index contributed by atoms with van der Waals surface area (Å²) in [4.78, 5) is 0. The first-order chi connectivity index (χ1) is 7.04. The van der Waals surface area contributed by atoms with Gasteiger partial charge >= 0.3 is 0 Å². The van der Waals surface area contributed by atoms with E-state index in [1.165, 1.54) is 5.56 Å². The molecular weight excluding hydrogens is 190 g/mol. The highest BCUT2D eigenvalue weighted by atomic mass is 16.5. The maximum atomic E-state index is 5.50. The number of aryl methyl sites for hydroxylation is 2. The number of hydrogen-bond donors (Lipinski definition) is 1. The molecular formula is C12H21NO2. The van der Waals surface area contributed by atoms with Gasteiger partial charge < -0.3 is 14.5 Å². The third-order valence-electron chi connectivity index (χ3n) is 2.66. The fourth-order valence-electron chi connectivity index (χ4n) is 1.62. The van der Waals surface area contributed by atoms with Crippen LogP contribution in [0.2, 0.25) is 0 Å². The van der Waals surface area contributed by atoms with Gasteiger partial charge in [0.2, 0.25) is 0 Å². The van der Waals surface area contributed by atoms with E-state index in [-0.39, 0.29) is 6.10 Å². The van der Waals surface area contributed by atoms with Crippen molar-refractivity contribution in [3.8, 4) is 0 Å². The molecule has 0 bridgehead atoms. The van der Waals surface area contributed by atoms with Gasteiger partial charge in [-0.25, -0.2) is 0 Å². The lowest BCUT2D eigenvalue weighted by Gasteiger charge is -2.16. The van der Waals surface area contributed by atoms with Crippen molar-refractivity contribution in [3.05, 3.63) is 23.2 Å². The van der Waals surface area contributed by atoms with Crippen molar-refractivity contribution >= 4 is 0 Å². The lowest BCUT2D eigenvalue weighted by atomic mass is 10.1. The number of nitrogens with one attached hydrogen (secondary N) is 1. The summed E-state index contributed by atoms with van der Waals surface area (Å²) in [5.41, 5.74) is 1.23. The Bertz CT molecular complexity index is 307. The van der Waals surface area contributed by atoms with Gasteiger partial charge in [0.15, 0.2) is 0 Å². The Balaban J connectivity index is 2.53. The molecule has 0 aliphatic rings. The van der Waals surface area contributed by atoms with E-state index in [1.54, 1.807) is 7.11 Å². The Kier molecular flexibility index (Phi) is 4.36. The molecule has 0 saturated heterocycles. The van der Waals surface area contributed by atoms with Crippen LogP contribution < -0.4 is 5.32 Å². The van der Waals surface area contributed by atoms with Gasteiger partial charge in [-0.3, -0.25) is 0 Å². The van der Waals surface area contributed by atoms with E-state index in [4.69, 9.17) is 9.15 Å². The van der Waals surface area contributed by atoms with E-state index in [2.05, 4.69) is 18.3 Å². The molecule has 0 saturated carbocycles. The van der Waals surface area contributed by atoms with Gasteiger partial charge in [0.1, 0.15) is 11.5 Å². The number of hydrogen-bond acceptors (Lipinski definition) is 3. The normalized spacial score (nSPS) is 15.3. The molecule has 1 heterocycles. The standard InChI is InChI=1S/C12H21NO2/c1-8-6-12(11(4)15-8)10(3)13-7-9(2)14-5/h6,9-10,13H,7H2,1-5H3. The molecule has 1 N–H and O–H groups in total. The number of rotatable bonds is 5. The monoisotopic (exact) mass is 211 g/mol. The average molecular weight is 211 g/mol. The summed E-state index contributed by atoms with van der Waals surface area (Å²) in [6.45, 7) is 9.01. The Labute approximate surface area is 91.8 Å². The van der Waals surface area contributed by atoms with Crippen LogP contribution in [-0.2, 0) is 4.74 Å². The second-order valence-corrected chi connectivity index (χ2v) is 4.04. The molecule has 0 amide bonds. The SMILES string of the molecule is COC(C)CNC(C)c1cc(C)oc1C. The van der Waals surface area contributed by atoms with Crippen LogP contribution in [0.1, 0.15) is 37.0 Å². The molecule has 3 nitrogen and oxygen atoms in total. The number of methoxy groups -OCH3 is 1. The van der Waals surface area contributed by atoms with Crippen LogP contribution in [-0.4, -0.2) is 19.8 Å². The molecule has 0 aliphatic carbocycles. The third-order valence-corrected chi connectivity index (χ3v) is 2.66. The van der Waals surface area contributed by atoms with Gasteiger partial charge in [-0.1, -0.05) is 0 Å². The van der Waals surface area contributed by atoms with Gasteiger partial charge in [-0.05, 0) is 33.8 Å². The van der Waals surface area contributed by atoms with Crippen molar-refractivity contribution < 1.29 is 9.15 Å². The Morgan fingerprint density at radius 1 is 1.40 bits per heavy atom. The summed E-state index contributed by atoms with van der Waals surface area (Å²) in [5, 5.41) is 3.42. The van der Waals surface area contributed by atoms with Crippen LogP contribution in [0.5, 0.6) is 0 Å². The molecule has 2 unspecified atom stereocenters. The van der Waals surface area contributed by atoms with E-state index >= 15 is 0 Å². The van der Waals surface area contributed by atoms with Crippen LogP contribution in [0.4, 0.5) is 0 Å². The summed E-state index contributed by atoms with van der Waals surface area (Å²) in [7, 11) is 1.73. The van der Waals surface area contributed by atoms with Crippen molar-refractivity contribution in [1.29, 1.82) is 0 Å². The molecule has 1 aromatic rings. The van der Waals surface area contributed by atoms with E-state index in [0.717, 1.165) is 18.1 Å². The Morgan fingerprint density at radius 3 is 2.53 bits per heavy atom. The first-order valence-corrected chi connectivity index (χ1v) is 5.37. The zero-order valence-electron chi connectivity index (χ0n) is 10.3. The molecule has 0 radical (unpaired) electrons. The quantitative estimate of drug-likeness (QED) is 0.813. The summed E-state index contributed by atoms with van der Waals surface area (Å²) in [6, 6.07) is 2.39. The van der Waals surface area contributed by atoms with Crippen molar-refractivity contribution in [2.24, 2.45) is 0 Å². The molecule has 1 rings (SSSR count). The summed E-state index contributed by atoms with van der Waals surface area (Å²) in [6.07, 6.45) is 0.237. The number of ether oxygens (including phenoxy) is 1. The second kappa shape index (κ2) is 5.33. The molecule has 1 aromatic heterocycles. The van der Waals surface area contributed by atoms with E-state index in [1.807, 2.05) is 20.8 Å². The van der Waals surface area contributed by atoms with Crippen LogP contribution >= 0.6 is 0 Å². The molecule has 0 spiro atoms. The van der Waals surface area contributed by atoms with Gasteiger partial charge in [0.05, 0.1) is 6.10 Å². The van der Waals surface area contributed by atoms with Crippen molar-refractivity contribution in [2.75, 3.05) is 13.7 Å². The summed E-state index contributed by atoms with van der Waals surface area (Å²) >= 11 is 0. The van der Waals surface area contributed by atoms with Gasteiger partial charge in [-0.15, -0.1) is 0 Å². The highest BCUT2D eigenvalue weighted by Gasteiger charge is 2.12. The smallest absolute Gasteiger partial charge is 0.105 e. The van der Waals surface area contributed by atoms with E-state index < -0.39 is 0 Å². The highest BCUT2D eigenvalue weighted by molar-refractivity contribution is 5.23. The lowest BCUT2D eigenvalue weighted by Crippen LogP contribution is -2.28. The topological polar surface area (TPSA) is 34.4 Å². The van der Waals surface area contributed by atoms with E-state index in [9.17, 15) is 0 Å². The van der Waals surface area contributed by atoms with Crippen LogP contribution in [0.15, 0.2) is 10.5 Å². The fourth-order valence-corrected chi connectivity index (χ4v) is 1.62. The van der Waals surface area contributed by atoms with E-state index in [0.29, 0.717) is 6.04 Å². The first kappa shape index (κ1) is 12.3. The van der Waals surface area contributed by atoms with Crippen LogP contribution in [0.25, 0.3) is 0 Å². The molecule has 2 atom stereocenters. The first-order valence-electron chi connectivity index (χ1n) is 5.37. The van der Waals surface area contributed by atoms with Crippen molar-refractivity contribution in [3.63, 3.8) is 0 Å². The van der Waals surface area contributed by atoms with Gasteiger partial charge in [-0.2, -0.15) is 0 Å². The molecule has 15 heavy (non-hydrogen) atoms. The minimum absolute atomic E-state index is 0.237. The Morgan fingerprint density at radius 2 is 2.07 bits per heavy atom. The predicted molar refractivity (Wildman–Crippen MR) is 61.1 cm³/mol. The predicted octanol–water partition coefficient (Wildman–Crippen LogP) is 2.58.